The number of aryl methyl sites for hydroxylation is 1. The number of rotatable bonds is 8. The molecule has 1 rings (SSSR count). The molecule has 0 bridgehead atoms. The van der Waals surface area contributed by atoms with Crippen molar-refractivity contribution in [3.05, 3.63) is 28.8 Å². The Bertz CT molecular complexity index is 328. The molecule has 96 valence electrons. The number of ether oxygens (including phenoxy) is 1. The maximum Gasteiger partial charge on any atom is 0.137 e. The van der Waals surface area contributed by atoms with Gasteiger partial charge in [0, 0.05) is 0 Å². The lowest BCUT2D eigenvalue weighted by Gasteiger charge is -2.06. The van der Waals surface area contributed by atoms with Crippen molar-refractivity contribution < 1.29 is 4.74 Å². The van der Waals surface area contributed by atoms with Crippen LogP contribution in [-0.2, 0) is 6.42 Å². The van der Waals surface area contributed by atoms with Crippen LogP contribution < -0.4 is 10.1 Å². The van der Waals surface area contributed by atoms with E-state index in [0.717, 1.165) is 18.7 Å². The van der Waals surface area contributed by atoms with Crippen molar-refractivity contribution >= 4 is 11.6 Å². The number of halogens is 1. The van der Waals surface area contributed by atoms with Crippen LogP contribution >= 0.6 is 11.6 Å². The van der Waals surface area contributed by atoms with Crippen molar-refractivity contribution in [3.63, 3.8) is 0 Å². The number of hydrogen-bond donors (Lipinski definition) is 1. The molecule has 0 aliphatic heterocycles. The first-order valence-electron chi connectivity index (χ1n) is 6.25. The van der Waals surface area contributed by atoms with Gasteiger partial charge >= 0.3 is 0 Å². The molecule has 0 saturated carbocycles. The maximum absolute atomic E-state index is 6.08. The van der Waals surface area contributed by atoms with Crippen LogP contribution in [0, 0.1) is 0 Å². The van der Waals surface area contributed by atoms with Crippen LogP contribution in [0.15, 0.2) is 18.2 Å². The smallest absolute Gasteiger partial charge is 0.137 e. The maximum atomic E-state index is 6.08. The van der Waals surface area contributed by atoms with E-state index >= 15 is 0 Å². The van der Waals surface area contributed by atoms with E-state index in [1.807, 2.05) is 19.2 Å². The lowest BCUT2D eigenvalue weighted by atomic mass is 10.1. The van der Waals surface area contributed by atoms with Crippen LogP contribution in [-0.4, -0.2) is 20.7 Å². The molecule has 0 fully saturated rings. The quantitative estimate of drug-likeness (QED) is 0.716. The zero-order valence-corrected chi connectivity index (χ0v) is 11.5. The van der Waals surface area contributed by atoms with E-state index in [2.05, 4.69) is 11.4 Å². The number of methoxy groups -OCH3 is 1. The fourth-order valence-corrected chi connectivity index (χ4v) is 2.13. The number of nitrogens with one attached hydrogen (secondary N) is 1. The third-order valence-electron chi connectivity index (χ3n) is 2.86. The molecule has 0 aliphatic rings. The summed E-state index contributed by atoms with van der Waals surface area (Å²) in [5.41, 5.74) is 1.30. The summed E-state index contributed by atoms with van der Waals surface area (Å²) >= 11 is 6.08. The molecule has 0 saturated heterocycles. The summed E-state index contributed by atoms with van der Waals surface area (Å²) in [6.45, 7) is 1.12. The lowest BCUT2D eigenvalue weighted by Crippen LogP contribution is -2.06. The van der Waals surface area contributed by atoms with E-state index in [0.29, 0.717) is 5.02 Å². The van der Waals surface area contributed by atoms with Gasteiger partial charge in [0.05, 0.1) is 12.1 Å². The summed E-state index contributed by atoms with van der Waals surface area (Å²) in [4.78, 5) is 0. The Kier molecular flexibility index (Phi) is 7.06. The van der Waals surface area contributed by atoms with Gasteiger partial charge in [-0.25, -0.2) is 0 Å². The largest absolute Gasteiger partial charge is 0.495 e. The first-order chi connectivity index (χ1) is 8.27. The Morgan fingerprint density at radius 2 is 1.94 bits per heavy atom. The summed E-state index contributed by atoms with van der Waals surface area (Å²) < 4.78 is 5.13. The molecule has 1 aromatic rings. The summed E-state index contributed by atoms with van der Waals surface area (Å²) in [5.74, 6) is 0.754. The number of unbranched alkanes of at least 4 members (excludes halogenated alkanes) is 3. The van der Waals surface area contributed by atoms with Crippen molar-refractivity contribution in [2.24, 2.45) is 0 Å². The van der Waals surface area contributed by atoms with Gasteiger partial charge in [-0.3, -0.25) is 0 Å². The average Bonchev–Trinajstić information content (AvgIpc) is 2.34. The van der Waals surface area contributed by atoms with E-state index in [-0.39, 0.29) is 0 Å². The Labute approximate surface area is 109 Å². The van der Waals surface area contributed by atoms with Gasteiger partial charge in [0.15, 0.2) is 0 Å². The Balaban J connectivity index is 2.25. The molecule has 0 radical (unpaired) electrons. The normalized spacial score (nSPS) is 10.5. The average molecular weight is 256 g/mol. The first-order valence-corrected chi connectivity index (χ1v) is 6.62. The molecule has 0 atom stereocenters. The highest BCUT2D eigenvalue weighted by molar-refractivity contribution is 6.32. The highest BCUT2D eigenvalue weighted by Crippen LogP contribution is 2.25. The molecule has 0 aliphatic carbocycles. The predicted octanol–water partition coefficient (Wildman–Crippen LogP) is 3.67. The molecule has 0 unspecified atom stereocenters. The zero-order valence-electron chi connectivity index (χ0n) is 10.8. The second-order valence-corrected chi connectivity index (χ2v) is 4.64. The number of hydrogen-bond acceptors (Lipinski definition) is 2. The Hall–Kier alpha value is -0.730. The van der Waals surface area contributed by atoms with Crippen molar-refractivity contribution in [1.29, 1.82) is 0 Å². The van der Waals surface area contributed by atoms with Gasteiger partial charge in [-0.05, 0) is 50.6 Å². The molecular formula is C14H22ClNO. The van der Waals surface area contributed by atoms with Crippen LogP contribution in [0.1, 0.15) is 31.2 Å². The molecule has 2 nitrogen and oxygen atoms in total. The van der Waals surface area contributed by atoms with Crippen LogP contribution in [0.2, 0.25) is 5.02 Å². The first kappa shape index (κ1) is 14.3. The SMILES string of the molecule is CNCCCCCCc1ccc(OC)c(Cl)c1. The van der Waals surface area contributed by atoms with E-state index in [9.17, 15) is 0 Å². The molecular weight excluding hydrogens is 234 g/mol. The third kappa shape index (κ3) is 5.42. The van der Waals surface area contributed by atoms with Gasteiger partial charge in [0.1, 0.15) is 5.75 Å². The van der Waals surface area contributed by atoms with Gasteiger partial charge in [-0.1, -0.05) is 30.5 Å². The van der Waals surface area contributed by atoms with Crippen molar-refractivity contribution in [2.75, 3.05) is 20.7 Å². The summed E-state index contributed by atoms with van der Waals surface area (Å²) in [6, 6.07) is 6.05. The summed E-state index contributed by atoms with van der Waals surface area (Å²) in [7, 11) is 3.64. The molecule has 1 aromatic carbocycles. The highest BCUT2D eigenvalue weighted by Gasteiger charge is 2.01. The van der Waals surface area contributed by atoms with E-state index in [1.165, 1.54) is 31.2 Å². The summed E-state index contributed by atoms with van der Waals surface area (Å²) in [6.07, 6.45) is 6.17. The van der Waals surface area contributed by atoms with Crippen molar-refractivity contribution in [2.45, 2.75) is 32.1 Å². The molecule has 0 amide bonds. The second-order valence-electron chi connectivity index (χ2n) is 4.24. The molecule has 0 spiro atoms. The molecule has 0 heterocycles. The third-order valence-corrected chi connectivity index (χ3v) is 3.15. The Morgan fingerprint density at radius 3 is 2.59 bits per heavy atom. The van der Waals surface area contributed by atoms with Crippen LogP contribution in [0.4, 0.5) is 0 Å². The fraction of sp³-hybridized carbons (Fsp3) is 0.571. The molecule has 17 heavy (non-hydrogen) atoms. The van der Waals surface area contributed by atoms with Gasteiger partial charge in [-0.15, -0.1) is 0 Å². The van der Waals surface area contributed by atoms with E-state index in [4.69, 9.17) is 16.3 Å². The van der Waals surface area contributed by atoms with Crippen molar-refractivity contribution in [3.8, 4) is 5.75 Å². The van der Waals surface area contributed by atoms with Crippen LogP contribution in [0.3, 0.4) is 0 Å². The monoisotopic (exact) mass is 255 g/mol. The van der Waals surface area contributed by atoms with E-state index in [1.54, 1.807) is 7.11 Å². The molecule has 0 aromatic heterocycles. The standard InChI is InChI=1S/C14H22ClNO/c1-16-10-6-4-3-5-7-12-8-9-14(17-2)13(15)11-12/h8-9,11,16H,3-7,10H2,1-2H3. The minimum absolute atomic E-state index is 0.709. The zero-order chi connectivity index (χ0) is 12.5. The minimum atomic E-state index is 0.709. The van der Waals surface area contributed by atoms with Crippen molar-refractivity contribution in [1.82, 2.24) is 5.32 Å². The van der Waals surface area contributed by atoms with Gasteiger partial charge in [0.25, 0.3) is 0 Å². The summed E-state index contributed by atoms with van der Waals surface area (Å²) in [5, 5.41) is 3.87. The van der Waals surface area contributed by atoms with Gasteiger partial charge in [-0.2, -0.15) is 0 Å². The molecule has 1 N–H and O–H groups in total. The van der Waals surface area contributed by atoms with Crippen LogP contribution in [0.5, 0.6) is 5.75 Å². The van der Waals surface area contributed by atoms with E-state index < -0.39 is 0 Å². The topological polar surface area (TPSA) is 21.3 Å². The second kappa shape index (κ2) is 8.37. The highest BCUT2D eigenvalue weighted by atomic mass is 35.5. The molecule has 3 heteroatoms. The predicted molar refractivity (Wildman–Crippen MR) is 74.1 cm³/mol. The van der Waals surface area contributed by atoms with Gasteiger partial charge in [0.2, 0.25) is 0 Å². The van der Waals surface area contributed by atoms with Gasteiger partial charge < -0.3 is 10.1 Å². The van der Waals surface area contributed by atoms with Crippen LogP contribution in [0.25, 0.3) is 0 Å². The fourth-order valence-electron chi connectivity index (χ4n) is 1.85. The number of benzene rings is 1. The lowest BCUT2D eigenvalue weighted by molar-refractivity contribution is 0.415. The Morgan fingerprint density at radius 1 is 1.18 bits per heavy atom. The minimum Gasteiger partial charge on any atom is -0.495 e.